The van der Waals surface area contributed by atoms with E-state index in [1.165, 1.54) is 4.90 Å². The molecule has 32 heavy (non-hydrogen) atoms. The first-order valence-electron chi connectivity index (χ1n) is 10.2. The van der Waals surface area contributed by atoms with Gasteiger partial charge in [-0.3, -0.25) is 9.59 Å². The maximum absolute atomic E-state index is 13.7. The Morgan fingerprint density at radius 2 is 1.47 bits per heavy atom. The lowest BCUT2D eigenvalue weighted by molar-refractivity contribution is -0.120. The molecule has 0 unspecified atom stereocenters. The number of nitrogens with one attached hydrogen (secondary N) is 1. The van der Waals surface area contributed by atoms with Gasteiger partial charge < -0.3 is 5.32 Å². The van der Waals surface area contributed by atoms with Gasteiger partial charge in [-0.15, -0.1) is 0 Å². The van der Waals surface area contributed by atoms with Crippen molar-refractivity contribution in [3.8, 4) is 0 Å². The summed E-state index contributed by atoms with van der Waals surface area (Å²) < 4.78 is 0. The number of nitrogens with zero attached hydrogens (tertiary/aromatic N) is 1. The van der Waals surface area contributed by atoms with Crippen molar-refractivity contribution in [1.29, 1.82) is 0 Å². The number of amides is 2. The minimum absolute atomic E-state index is 0.209. The highest BCUT2D eigenvalue weighted by Gasteiger charge is 2.41. The molecular formula is C26H22Cl2N2O2. The smallest absolute Gasteiger partial charge is 0.282 e. The number of anilines is 2. The molecule has 0 spiro atoms. The zero-order valence-corrected chi connectivity index (χ0v) is 19.7. The lowest BCUT2D eigenvalue weighted by Crippen LogP contribution is -2.33. The number of rotatable bonds is 4. The molecule has 1 N–H and O–H groups in total. The fraction of sp³-hybridized carbons (Fsp3) is 0.154. The second-order valence-corrected chi connectivity index (χ2v) is 8.88. The molecule has 1 aliphatic heterocycles. The van der Waals surface area contributed by atoms with Crippen molar-refractivity contribution in [3.05, 3.63) is 98.2 Å². The zero-order chi connectivity index (χ0) is 23.2. The molecule has 3 aromatic carbocycles. The van der Waals surface area contributed by atoms with E-state index in [4.69, 9.17) is 23.2 Å². The lowest BCUT2D eigenvalue weighted by Gasteiger charge is -2.18. The Morgan fingerprint density at radius 3 is 2.16 bits per heavy atom. The van der Waals surface area contributed by atoms with Crippen molar-refractivity contribution in [2.75, 3.05) is 10.2 Å². The first kappa shape index (κ1) is 22.1. The standard InChI is InChI=1S/C26H22Cl2N2O2/c1-14-5-10-20(17(4)11-14)23-24(29-19-9-7-15(2)21(28)13-19)26(32)30(25(23)31)22-12-18(27)8-6-16(22)3/h5-13,29H,1-4H3. The topological polar surface area (TPSA) is 49.4 Å². The Labute approximate surface area is 197 Å². The van der Waals surface area contributed by atoms with Crippen LogP contribution in [0.2, 0.25) is 10.0 Å². The summed E-state index contributed by atoms with van der Waals surface area (Å²) in [5.74, 6) is -0.833. The van der Waals surface area contributed by atoms with Crippen LogP contribution >= 0.6 is 23.2 Å². The molecule has 0 saturated heterocycles. The Morgan fingerprint density at radius 1 is 0.750 bits per heavy atom. The maximum Gasteiger partial charge on any atom is 0.282 e. The molecule has 0 atom stereocenters. The molecule has 1 aliphatic rings. The van der Waals surface area contributed by atoms with E-state index in [2.05, 4.69) is 5.32 Å². The highest BCUT2D eigenvalue weighted by atomic mass is 35.5. The predicted molar refractivity (Wildman–Crippen MR) is 131 cm³/mol. The maximum atomic E-state index is 13.7. The van der Waals surface area contributed by atoms with E-state index in [1.54, 1.807) is 24.3 Å². The number of benzene rings is 3. The van der Waals surface area contributed by atoms with E-state index >= 15 is 0 Å². The van der Waals surface area contributed by atoms with Gasteiger partial charge in [0.1, 0.15) is 5.70 Å². The van der Waals surface area contributed by atoms with Crippen LogP contribution in [0.1, 0.15) is 27.8 Å². The Balaban J connectivity index is 1.89. The number of carbonyl (C=O) groups is 2. The third-order valence-electron chi connectivity index (χ3n) is 5.59. The van der Waals surface area contributed by atoms with E-state index in [9.17, 15) is 9.59 Å². The second kappa shape index (κ2) is 8.45. The molecule has 4 nitrogen and oxygen atoms in total. The van der Waals surface area contributed by atoms with Gasteiger partial charge in [0, 0.05) is 15.7 Å². The molecule has 0 radical (unpaired) electrons. The largest absolute Gasteiger partial charge is 0.350 e. The van der Waals surface area contributed by atoms with Crippen molar-refractivity contribution in [1.82, 2.24) is 0 Å². The summed E-state index contributed by atoms with van der Waals surface area (Å²) in [6, 6.07) is 16.4. The number of aryl methyl sites for hydroxylation is 4. The molecule has 0 aromatic heterocycles. The van der Waals surface area contributed by atoms with Gasteiger partial charge in [-0.05, 0) is 74.2 Å². The monoisotopic (exact) mass is 464 g/mol. The van der Waals surface area contributed by atoms with Crippen LogP contribution in [-0.4, -0.2) is 11.8 Å². The highest BCUT2D eigenvalue weighted by molar-refractivity contribution is 6.46. The van der Waals surface area contributed by atoms with Gasteiger partial charge in [0.25, 0.3) is 11.8 Å². The molecule has 0 fully saturated rings. The Hall–Kier alpha value is -3.08. The summed E-state index contributed by atoms with van der Waals surface area (Å²) in [5.41, 5.74) is 6.01. The van der Waals surface area contributed by atoms with Gasteiger partial charge in [0.15, 0.2) is 0 Å². The highest BCUT2D eigenvalue weighted by Crippen LogP contribution is 2.37. The fourth-order valence-electron chi connectivity index (χ4n) is 3.85. The quantitative estimate of drug-likeness (QED) is 0.441. The van der Waals surface area contributed by atoms with Gasteiger partial charge in [0.2, 0.25) is 0 Å². The minimum Gasteiger partial charge on any atom is -0.350 e. The number of hydrogen-bond acceptors (Lipinski definition) is 3. The SMILES string of the molecule is Cc1ccc(C2=C(Nc3ccc(C)c(Cl)c3)C(=O)N(c3cc(Cl)ccc3C)C2=O)c(C)c1. The van der Waals surface area contributed by atoms with Gasteiger partial charge >= 0.3 is 0 Å². The van der Waals surface area contributed by atoms with Crippen LogP contribution in [0.4, 0.5) is 11.4 Å². The summed E-state index contributed by atoms with van der Waals surface area (Å²) >= 11 is 12.5. The van der Waals surface area contributed by atoms with E-state index < -0.39 is 11.8 Å². The Bertz CT molecular complexity index is 1310. The van der Waals surface area contributed by atoms with Crippen LogP contribution in [-0.2, 0) is 9.59 Å². The number of halogens is 2. The van der Waals surface area contributed by atoms with E-state index in [0.717, 1.165) is 22.3 Å². The lowest BCUT2D eigenvalue weighted by atomic mass is 9.97. The molecule has 4 rings (SSSR count). The molecule has 6 heteroatoms. The summed E-state index contributed by atoms with van der Waals surface area (Å²) in [7, 11) is 0. The van der Waals surface area contributed by atoms with Gasteiger partial charge in [0.05, 0.1) is 11.3 Å². The average Bonchev–Trinajstić information content (AvgIpc) is 2.96. The molecule has 0 saturated carbocycles. The predicted octanol–water partition coefficient (Wildman–Crippen LogP) is 6.62. The number of hydrogen-bond donors (Lipinski definition) is 1. The fourth-order valence-corrected chi connectivity index (χ4v) is 4.19. The minimum atomic E-state index is -0.438. The van der Waals surface area contributed by atoms with Crippen LogP contribution in [0, 0.1) is 27.7 Å². The summed E-state index contributed by atoms with van der Waals surface area (Å²) in [4.78, 5) is 28.5. The van der Waals surface area contributed by atoms with E-state index in [1.807, 2.05) is 58.0 Å². The normalized spacial score (nSPS) is 13.9. The first-order chi connectivity index (χ1) is 15.2. The zero-order valence-electron chi connectivity index (χ0n) is 18.2. The molecule has 3 aromatic rings. The van der Waals surface area contributed by atoms with Crippen molar-refractivity contribution in [3.63, 3.8) is 0 Å². The summed E-state index contributed by atoms with van der Waals surface area (Å²) in [6.45, 7) is 7.66. The van der Waals surface area contributed by atoms with Gasteiger partial charge in [-0.25, -0.2) is 4.90 Å². The molecule has 162 valence electrons. The average molecular weight is 465 g/mol. The van der Waals surface area contributed by atoms with Crippen LogP contribution in [0.5, 0.6) is 0 Å². The third-order valence-corrected chi connectivity index (χ3v) is 6.23. The second-order valence-electron chi connectivity index (χ2n) is 8.03. The number of carbonyl (C=O) groups excluding carboxylic acids is 2. The van der Waals surface area contributed by atoms with Crippen molar-refractivity contribution < 1.29 is 9.59 Å². The van der Waals surface area contributed by atoms with E-state index in [0.29, 0.717) is 32.6 Å². The summed E-state index contributed by atoms with van der Waals surface area (Å²) in [6.07, 6.45) is 0. The van der Waals surface area contributed by atoms with Crippen LogP contribution < -0.4 is 10.2 Å². The van der Waals surface area contributed by atoms with Crippen LogP contribution in [0.3, 0.4) is 0 Å². The van der Waals surface area contributed by atoms with Crippen molar-refractivity contribution in [2.24, 2.45) is 0 Å². The first-order valence-corrected chi connectivity index (χ1v) is 10.9. The van der Waals surface area contributed by atoms with Crippen molar-refractivity contribution in [2.45, 2.75) is 27.7 Å². The van der Waals surface area contributed by atoms with Gasteiger partial charge in [-0.1, -0.05) is 59.1 Å². The van der Waals surface area contributed by atoms with Gasteiger partial charge in [-0.2, -0.15) is 0 Å². The number of imide groups is 1. The van der Waals surface area contributed by atoms with Crippen LogP contribution in [0.25, 0.3) is 5.57 Å². The molecule has 0 bridgehead atoms. The van der Waals surface area contributed by atoms with E-state index in [-0.39, 0.29) is 5.70 Å². The Kier molecular flexibility index (Phi) is 5.85. The molecular weight excluding hydrogens is 443 g/mol. The third kappa shape index (κ3) is 3.92. The summed E-state index contributed by atoms with van der Waals surface area (Å²) in [5, 5.41) is 4.19. The van der Waals surface area contributed by atoms with Crippen molar-refractivity contribution >= 4 is 52.0 Å². The van der Waals surface area contributed by atoms with Crippen LogP contribution in [0.15, 0.2) is 60.3 Å². The molecule has 0 aliphatic carbocycles. The molecule has 1 heterocycles. The molecule has 2 amide bonds.